The van der Waals surface area contributed by atoms with Gasteiger partial charge in [0.25, 0.3) is 0 Å². The van der Waals surface area contributed by atoms with Crippen molar-refractivity contribution in [3.8, 4) is 50.6 Å². The Bertz CT molecular complexity index is 2640. The molecule has 2 aliphatic carbocycles. The number of aromatic nitrogens is 3. The Morgan fingerprint density at radius 3 is 1.92 bits per heavy atom. The highest BCUT2D eigenvalue weighted by molar-refractivity contribution is 6.13. The summed E-state index contributed by atoms with van der Waals surface area (Å²) in [5, 5.41) is 2.56. The van der Waals surface area contributed by atoms with Crippen molar-refractivity contribution in [2.45, 2.75) is 38.5 Å². The van der Waals surface area contributed by atoms with Crippen molar-refractivity contribution in [1.82, 2.24) is 14.5 Å². The summed E-state index contributed by atoms with van der Waals surface area (Å²) < 4.78 is 2.47. The van der Waals surface area contributed by atoms with Gasteiger partial charge in [-0.05, 0) is 63.7 Å². The minimum Gasteiger partial charge on any atom is -0.309 e. The second-order valence-electron chi connectivity index (χ2n) is 14.6. The Hall–Kier alpha value is -5.80. The van der Waals surface area contributed by atoms with Crippen molar-refractivity contribution in [2.75, 3.05) is 0 Å². The van der Waals surface area contributed by atoms with Crippen LogP contribution in [0.2, 0.25) is 0 Å². The molecule has 0 aliphatic heterocycles. The standard InChI is InChI=1S/C46H35N3/c1-45(2)36-19-11-8-16-31(36)33-26-27-34-32-17-10-13-21-38(32)49(42(34)40(33)45)30-24-22-29(23-25-30)44-47-41(28-14-6-5-7-15-28)39-35-18-9-12-20-37(35)46(3,4)43(39)48-44/h5-27H,1-4H3. The fraction of sp³-hybridized carbons (Fsp3) is 0.130. The Kier molecular flexibility index (Phi) is 5.69. The highest BCUT2D eigenvalue weighted by Crippen LogP contribution is 2.53. The molecular weight excluding hydrogens is 595 g/mol. The Morgan fingerprint density at radius 2 is 1.14 bits per heavy atom. The maximum atomic E-state index is 5.34. The molecule has 0 spiro atoms. The van der Waals surface area contributed by atoms with E-state index in [2.05, 4.69) is 172 Å². The van der Waals surface area contributed by atoms with Gasteiger partial charge in [0.05, 0.1) is 22.4 Å². The van der Waals surface area contributed by atoms with E-state index in [0.717, 1.165) is 39.6 Å². The number of benzene rings is 6. The molecule has 0 atom stereocenters. The molecule has 0 saturated heterocycles. The van der Waals surface area contributed by atoms with Gasteiger partial charge in [0, 0.05) is 44.0 Å². The fourth-order valence-corrected chi connectivity index (χ4v) is 8.82. The lowest BCUT2D eigenvalue weighted by atomic mass is 9.81. The van der Waals surface area contributed by atoms with Crippen molar-refractivity contribution in [3.63, 3.8) is 0 Å². The fourth-order valence-electron chi connectivity index (χ4n) is 8.82. The van der Waals surface area contributed by atoms with Gasteiger partial charge in [0.15, 0.2) is 5.82 Å². The van der Waals surface area contributed by atoms with Crippen LogP contribution in [-0.4, -0.2) is 14.5 Å². The van der Waals surface area contributed by atoms with Gasteiger partial charge in [0.2, 0.25) is 0 Å². The minimum atomic E-state index is -0.235. The highest BCUT2D eigenvalue weighted by Gasteiger charge is 2.40. The third-order valence-electron chi connectivity index (χ3n) is 11.2. The lowest BCUT2D eigenvalue weighted by Crippen LogP contribution is -2.17. The first-order valence-corrected chi connectivity index (χ1v) is 17.2. The van der Waals surface area contributed by atoms with Crippen molar-refractivity contribution >= 4 is 21.8 Å². The normalized spacial score (nSPS) is 14.9. The first-order chi connectivity index (χ1) is 23.8. The number of rotatable bonds is 3. The molecule has 10 rings (SSSR count). The second-order valence-corrected chi connectivity index (χ2v) is 14.6. The van der Waals surface area contributed by atoms with Gasteiger partial charge in [-0.25, -0.2) is 9.97 Å². The molecule has 3 nitrogen and oxygen atoms in total. The van der Waals surface area contributed by atoms with E-state index >= 15 is 0 Å². The van der Waals surface area contributed by atoms with Crippen LogP contribution in [0.4, 0.5) is 0 Å². The van der Waals surface area contributed by atoms with E-state index < -0.39 is 0 Å². The number of fused-ring (bicyclic) bond motifs is 10. The summed E-state index contributed by atoms with van der Waals surface area (Å²) in [6.45, 7) is 9.31. The Morgan fingerprint density at radius 1 is 0.490 bits per heavy atom. The molecule has 0 N–H and O–H groups in total. The zero-order valence-electron chi connectivity index (χ0n) is 28.1. The van der Waals surface area contributed by atoms with Crippen LogP contribution >= 0.6 is 0 Å². The predicted octanol–water partition coefficient (Wildman–Crippen LogP) is 11.5. The molecule has 0 fully saturated rings. The molecule has 0 radical (unpaired) electrons. The maximum Gasteiger partial charge on any atom is 0.160 e. The van der Waals surface area contributed by atoms with Crippen LogP contribution < -0.4 is 0 Å². The van der Waals surface area contributed by atoms with Crippen molar-refractivity contribution < 1.29 is 0 Å². The average Bonchev–Trinajstić information content (AvgIpc) is 3.69. The van der Waals surface area contributed by atoms with Crippen LogP contribution in [0.15, 0.2) is 140 Å². The predicted molar refractivity (Wildman–Crippen MR) is 202 cm³/mol. The van der Waals surface area contributed by atoms with Crippen LogP contribution in [0.1, 0.15) is 50.1 Å². The highest BCUT2D eigenvalue weighted by atomic mass is 15.0. The van der Waals surface area contributed by atoms with Gasteiger partial charge in [-0.1, -0.05) is 137 Å². The molecule has 0 saturated carbocycles. The Labute approximate surface area is 286 Å². The summed E-state index contributed by atoms with van der Waals surface area (Å²) in [6.07, 6.45) is 0. The van der Waals surface area contributed by atoms with E-state index in [-0.39, 0.29) is 10.8 Å². The first-order valence-electron chi connectivity index (χ1n) is 17.2. The number of para-hydroxylation sites is 1. The van der Waals surface area contributed by atoms with Gasteiger partial charge >= 0.3 is 0 Å². The molecule has 3 heteroatoms. The van der Waals surface area contributed by atoms with Crippen molar-refractivity contribution in [2.24, 2.45) is 0 Å². The van der Waals surface area contributed by atoms with Crippen LogP contribution in [0.25, 0.3) is 72.4 Å². The maximum absolute atomic E-state index is 5.34. The molecule has 0 amide bonds. The molecular formula is C46H35N3. The van der Waals surface area contributed by atoms with Gasteiger partial charge in [-0.3, -0.25) is 0 Å². The molecule has 0 unspecified atom stereocenters. The van der Waals surface area contributed by atoms with Gasteiger partial charge in [-0.15, -0.1) is 0 Å². The summed E-state index contributed by atoms with van der Waals surface area (Å²) in [7, 11) is 0. The monoisotopic (exact) mass is 629 g/mol. The Balaban J connectivity index is 1.18. The average molecular weight is 630 g/mol. The molecule has 49 heavy (non-hydrogen) atoms. The van der Waals surface area contributed by atoms with E-state index in [1.807, 2.05) is 0 Å². The first kappa shape index (κ1) is 28.2. The van der Waals surface area contributed by atoms with Gasteiger partial charge in [0.1, 0.15) is 0 Å². The molecule has 0 bridgehead atoms. The zero-order valence-corrected chi connectivity index (χ0v) is 28.1. The van der Waals surface area contributed by atoms with Crippen LogP contribution in [0, 0.1) is 0 Å². The lowest BCUT2D eigenvalue weighted by Gasteiger charge is -2.23. The van der Waals surface area contributed by atoms with E-state index in [0.29, 0.717) is 0 Å². The topological polar surface area (TPSA) is 30.7 Å². The van der Waals surface area contributed by atoms with E-state index in [1.165, 1.54) is 55.2 Å². The van der Waals surface area contributed by atoms with Gasteiger partial charge < -0.3 is 4.57 Å². The van der Waals surface area contributed by atoms with E-state index in [9.17, 15) is 0 Å². The zero-order chi connectivity index (χ0) is 33.1. The van der Waals surface area contributed by atoms with Crippen molar-refractivity contribution in [3.05, 3.63) is 162 Å². The van der Waals surface area contributed by atoms with E-state index in [1.54, 1.807) is 0 Å². The lowest BCUT2D eigenvalue weighted by molar-refractivity contribution is 0.636. The minimum absolute atomic E-state index is 0.131. The third kappa shape index (κ3) is 3.79. The van der Waals surface area contributed by atoms with Crippen LogP contribution in [0.5, 0.6) is 0 Å². The van der Waals surface area contributed by atoms with Crippen molar-refractivity contribution in [1.29, 1.82) is 0 Å². The van der Waals surface area contributed by atoms with Gasteiger partial charge in [-0.2, -0.15) is 0 Å². The molecule has 234 valence electrons. The second kappa shape index (κ2) is 9.87. The molecule has 2 heterocycles. The SMILES string of the molecule is CC1(C)c2ccccc2-c2c(-c3ccccc3)nc(-c3ccc(-n4c5ccccc5c5ccc6c(c54)C(C)(C)c4ccccc4-6)cc3)nc21. The van der Waals surface area contributed by atoms with Crippen LogP contribution in [0.3, 0.4) is 0 Å². The molecule has 8 aromatic rings. The number of hydrogen-bond acceptors (Lipinski definition) is 2. The smallest absolute Gasteiger partial charge is 0.160 e. The summed E-state index contributed by atoms with van der Waals surface area (Å²) in [5.74, 6) is 0.754. The molecule has 2 aliphatic rings. The summed E-state index contributed by atoms with van der Waals surface area (Å²) in [5.41, 5.74) is 16.6. The van der Waals surface area contributed by atoms with E-state index in [4.69, 9.17) is 9.97 Å². The summed E-state index contributed by atoms with van der Waals surface area (Å²) >= 11 is 0. The summed E-state index contributed by atoms with van der Waals surface area (Å²) in [6, 6.07) is 50.5. The molecule has 2 aromatic heterocycles. The third-order valence-corrected chi connectivity index (χ3v) is 11.2. The molecule has 6 aromatic carbocycles. The number of hydrogen-bond donors (Lipinski definition) is 0. The summed E-state index contributed by atoms with van der Waals surface area (Å²) in [4.78, 5) is 10.7. The van der Waals surface area contributed by atoms with Crippen LogP contribution in [-0.2, 0) is 10.8 Å². The number of nitrogens with zero attached hydrogens (tertiary/aromatic N) is 3. The quantitative estimate of drug-likeness (QED) is 0.195. The largest absolute Gasteiger partial charge is 0.309 e.